The second-order valence-corrected chi connectivity index (χ2v) is 5.04. The number of aromatic nitrogens is 3. The van der Waals surface area contributed by atoms with Crippen LogP contribution >= 0.6 is 11.8 Å². The molecule has 0 aliphatic rings. The maximum absolute atomic E-state index is 10.8. The summed E-state index contributed by atoms with van der Waals surface area (Å²) >= 11 is 1.39. The lowest BCUT2D eigenvalue weighted by Crippen LogP contribution is -2.27. The van der Waals surface area contributed by atoms with Crippen molar-refractivity contribution in [2.75, 3.05) is 16.6 Å². The molecular weight excluding hydrogens is 252 g/mol. The van der Waals surface area contributed by atoms with E-state index < -0.39 is 0 Å². The molecule has 0 spiro atoms. The molecule has 1 rings (SSSR count). The van der Waals surface area contributed by atoms with Gasteiger partial charge in [0.05, 0.1) is 11.3 Å². The normalized spacial score (nSPS) is 10.8. The van der Waals surface area contributed by atoms with Crippen LogP contribution in [0.25, 0.3) is 0 Å². The predicted molar refractivity (Wildman–Crippen MR) is 73.8 cm³/mol. The van der Waals surface area contributed by atoms with Crippen LogP contribution in [-0.4, -0.2) is 33.3 Å². The Hall–Kier alpha value is -1.44. The molecule has 0 fully saturated rings. The molecule has 100 valence electrons. The summed E-state index contributed by atoms with van der Waals surface area (Å²) in [6, 6.07) is 0.0955. The van der Waals surface area contributed by atoms with Gasteiger partial charge in [-0.3, -0.25) is 0 Å². The molecule has 0 aliphatic heterocycles. The van der Waals surface area contributed by atoms with Crippen LogP contribution in [0.1, 0.15) is 27.7 Å². The van der Waals surface area contributed by atoms with E-state index >= 15 is 0 Å². The van der Waals surface area contributed by atoms with Gasteiger partial charge in [0.15, 0.2) is 5.16 Å². The van der Waals surface area contributed by atoms with Gasteiger partial charge in [-0.05, 0) is 34.0 Å². The molecular formula is C10H18N6OS. The van der Waals surface area contributed by atoms with E-state index in [1.54, 1.807) is 0 Å². The molecule has 0 bridgehead atoms. The van der Waals surface area contributed by atoms with Crippen LogP contribution in [0, 0.1) is 4.91 Å². The van der Waals surface area contributed by atoms with Gasteiger partial charge in [-0.15, -0.1) is 4.91 Å². The quantitative estimate of drug-likeness (QED) is 0.482. The number of nitrogens with zero attached hydrogens (tertiary/aromatic N) is 5. The summed E-state index contributed by atoms with van der Waals surface area (Å²) in [5.74, 6) is 0.719. The van der Waals surface area contributed by atoms with Gasteiger partial charge in [-0.25, -0.2) is 0 Å². The molecule has 0 aliphatic carbocycles. The van der Waals surface area contributed by atoms with Crippen molar-refractivity contribution in [3.05, 3.63) is 4.91 Å². The second-order valence-electron chi connectivity index (χ2n) is 4.26. The molecule has 1 N–H and O–H groups in total. The van der Waals surface area contributed by atoms with Crippen LogP contribution in [0.15, 0.2) is 10.4 Å². The Labute approximate surface area is 111 Å². The highest BCUT2D eigenvalue weighted by atomic mass is 32.2. The average molecular weight is 270 g/mol. The van der Waals surface area contributed by atoms with E-state index in [-0.39, 0.29) is 18.0 Å². The zero-order chi connectivity index (χ0) is 13.7. The fraction of sp³-hybridized carbons (Fsp3) is 0.700. The number of anilines is 2. The zero-order valence-electron chi connectivity index (χ0n) is 11.2. The maximum atomic E-state index is 10.8. The standard InChI is InChI=1S/C10H18N6OS/c1-6(2)11-8-12-9(14-10(13-8)18-5)16(15-17)7(3)4/h6-7H,1-5H3,(H,11,12,13,14). The van der Waals surface area contributed by atoms with Crippen LogP contribution in [0.2, 0.25) is 0 Å². The smallest absolute Gasteiger partial charge is 0.254 e. The maximum Gasteiger partial charge on any atom is 0.254 e. The summed E-state index contributed by atoms with van der Waals surface area (Å²) in [7, 11) is 0. The van der Waals surface area contributed by atoms with Crippen molar-refractivity contribution in [2.24, 2.45) is 5.29 Å². The summed E-state index contributed by atoms with van der Waals surface area (Å²) < 4.78 is 0. The van der Waals surface area contributed by atoms with E-state index in [1.165, 1.54) is 16.8 Å². The van der Waals surface area contributed by atoms with E-state index in [9.17, 15) is 4.91 Å². The molecule has 0 unspecified atom stereocenters. The number of hydrogen-bond donors (Lipinski definition) is 1. The molecule has 8 heteroatoms. The van der Waals surface area contributed by atoms with Crippen molar-refractivity contribution < 1.29 is 0 Å². The van der Waals surface area contributed by atoms with Gasteiger partial charge in [0.1, 0.15) is 0 Å². The van der Waals surface area contributed by atoms with E-state index in [1.807, 2.05) is 34.0 Å². The minimum Gasteiger partial charge on any atom is -0.352 e. The fourth-order valence-corrected chi connectivity index (χ4v) is 1.57. The largest absolute Gasteiger partial charge is 0.352 e. The monoisotopic (exact) mass is 270 g/mol. The van der Waals surface area contributed by atoms with Gasteiger partial charge in [0.2, 0.25) is 5.95 Å². The summed E-state index contributed by atoms with van der Waals surface area (Å²) in [5.41, 5.74) is 0. The highest BCUT2D eigenvalue weighted by Gasteiger charge is 2.17. The Balaban J connectivity index is 3.13. The van der Waals surface area contributed by atoms with Crippen molar-refractivity contribution in [1.29, 1.82) is 0 Å². The Bertz CT molecular complexity index is 411. The van der Waals surface area contributed by atoms with E-state index in [2.05, 4.69) is 25.6 Å². The van der Waals surface area contributed by atoms with Crippen molar-refractivity contribution in [1.82, 2.24) is 15.0 Å². The Morgan fingerprint density at radius 2 is 1.89 bits per heavy atom. The number of hydrogen-bond acceptors (Lipinski definition) is 7. The Morgan fingerprint density at radius 1 is 1.22 bits per heavy atom. The fourth-order valence-electron chi connectivity index (χ4n) is 1.22. The molecule has 1 aromatic heterocycles. The third kappa shape index (κ3) is 3.80. The minimum atomic E-state index is -0.105. The predicted octanol–water partition coefficient (Wildman–Crippen LogP) is 2.31. The number of nitroso groups, excluding NO2 is 1. The molecule has 0 saturated carbocycles. The Kier molecular flexibility index (Phi) is 5.26. The van der Waals surface area contributed by atoms with E-state index in [0.29, 0.717) is 11.1 Å². The van der Waals surface area contributed by atoms with Crippen molar-refractivity contribution >= 4 is 23.7 Å². The third-order valence-corrected chi connectivity index (χ3v) is 2.53. The molecule has 0 radical (unpaired) electrons. The van der Waals surface area contributed by atoms with Gasteiger partial charge in [-0.1, -0.05) is 11.8 Å². The molecule has 18 heavy (non-hydrogen) atoms. The van der Waals surface area contributed by atoms with Gasteiger partial charge in [0, 0.05) is 6.04 Å². The highest BCUT2D eigenvalue weighted by molar-refractivity contribution is 7.98. The van der Waals surface area contributed by atoms with Gasteiger partial charge >= 0.3 is 0 Å². The van der Waals surface area contributed by atoms with Crippen molar-refractivity contribution in [2.45, 2.75) is 44.9 Å². The molecule has 0 aromatic carbocycles. The molecule has 1 heterocycles. The number of thioether (sulfide) groups is 1. The molecule has 0 amide bonds. The highest BCUT2D eigenvalue weighted by Crippen LogP contribution is 2.18. The first-order valence-electron chi connectivity index (χ1n) is 5.67. The first-order chi connectivity index (χ1) is 8.47. The van der Waals surface area contributed by atoms with Crippen molar-refractivity contribution in [3.8, 4) is 0 Å². The van der Waals surface area contributed by atoms with Gasteiger partial charge in [-0.2, -0.15) is 20.0 Å². The first-order valence-corrected chi connectivity index (χ1v) is 6.89. The minimum absolute atomic E-state index is 0.105. The molecule has 0 saturated heterocycles. The SMILES string of the molecule is CSc1nc(NC(C)C)nc(N(N=O)C(C)C)n1. The summed E-state index contributed by atoms with van der Waals surface area (Å²) in [6.45, 7) is 7.67. The lowest BCUT2D eigenvalue weighted by Gasteiger charge is -2.18. The van der Waals surface area contributed by atoms with E-state index in [4.69, 9.17) is 0 Å². The lowest BCUT2D eigenvalue weighted by molar-refractivity contribution is 0.672. The summed E-state index contributed by atoms with van der Waals surface area (Å²) in [5, 5.41) is 7.82. The summed E-state index contributed by atoms with van der Waals surface area (Å²) in [4.78, 5) is 23.4. The van der Waals surface area contributed by atoms with Gasteiger partial charge in [0.25, 0.3) is 5.95 Å². The van der Waals surface area contributed by atoms with Crippen molar-refractivity contribution in [3.63, 3.8) is 0 Å². The summed E-state index contributed by atoms with van der Waals surface area (Å²) in [6.07, 6.45) is 1.87. The van der Waals surface area contributed by atoms with Crippen LogP contribution in [-0.2, 0) is 0 Å². The first kappa shape index (κ1) is 14.6. The Morgan fingerprint density at radius 3 is 2.33 bits per heavy atom. The van der Waals surface area contributed by atoms with Gasteiger partial charge < -0.3 is 5.32 Å². The topological polar surface area (TPSA) is 83.4 Å². The number of rotatable bonds is 6. The zero-order valence-corrected chi connectivity index (χ0v) is 12.0. The second kappa shape index (κ2) is 6.48. The number of nitrogens with one attached hydrogen (secondary N) is 1. The third-order valence-electron chi connectivity index (χ3n) is 1.99. The molecule has 7 nitrogen and oxygen atoms in total. The van der Waals surface area contributed by atoms with E-state index in [0.717, 1.165) is 0 Å². The van der Waals surface area contributed by atoms with Crippen LogP contribution < -0.4 is 10.3 Å². The average Bonchev–Trinajstić information content (AvgIpc) is 2.28. The molecule has 0 atom stereocenters. The lowest BCUT2D eigenvalue weighted by atomic mass is 10.4. The van der Waals surface area contributed by atoms with Crippen LogP contribution in [0.4, 0.5) is 11.9 Å². The molecule has 1 aromatic rings. The van der Waals surface area contributed by atoms with Crippen LogP contribution in [0.3, 0.4) is 0 Å². The van der Waals surface area contributed by atoms with Crippen LogP contribution in [0.5, 0.6) is 0 Å².